The van der Waals surface area contributed by atoms with Crippen molar-refractivity contribution in [2.45, 2.75) is 25.8 Å². The van der Waals surface area contributed by atoms with Gasteiger partial charge in [0.2, 0.25) is 5.91 Å². The van der Waals surface area contributed by atoms with Crippen LogP contribution in [-0.4, -0.2) is 28.3 Å². The number of nitrogens with zero attached hydrogens (tertiary/aromatic N) is 2. The van der Waals surface area contributed by atoms with Crippen molar-refractivity contribution in [1.29, 1.82) is 0 Å². The van der Waals surface area contributed by atoms with Crippen LogP contribution in [0.15, 0.2) is 30.5 Å². The number of hydrogen-bond donors (Lipinski definition) is 2. The van der Waals surface area contributed by atoms with Crippen LogP contribution >= 0.6 is 0 Å². The molecule has 1 aromatic carbocycles. The molecule has 1 atom stereocenters. The molecule has 1 unspecified atom stereocenters. The summed E-state index contributed by atoms with van der Waals surface area (Å²) < 4.78 is 15.3. The highest BCUT2D eigenvalue weighted by molar-refractivity contribution is 5.95. The summed E-state index contributed by atoms with van der Waals surface area (Å²) in [5, 5.41) is 10.2. The average molecular weight is 288 g/mol. The van der Waals surface area contributed by atoms with Gasteiger partial charge in [0.25, 0.3) is 0 Å². The van der Waals surface area contributed by atoms with Gasteiger partial charge in [0.05, 0.1) is 23.6 Å². The van der Waals surface area contributed by atoms with Crippen molar-refractivity contribution in [2.24, 2.45) is 0 Å². The van der Waals surface area contributed by atoms with Gasteiger partial charge in [-0.1, -0.05) is 12.1 Å². The van der Waals surface area contributed by atoms with Crippen LogP contribution in [0, 0.1) is 12.7 Å². The molecule has 1 fully saturated rings. The van der Waals surface area contributed by atoms with Crippen molar-refractivity contribution in [2.75, 3.05) is 11.9 Å². The molecule has 1 aliphatic heterocycles. The van der Waals surface area contributed by atoms with Gasteiger partial charge in [-0.2, -0.15) is 5.10 Å². The van der Waals surface area contributed by atoms with Crippen LogP contribution in [-0.2, 0) is 4.79 Å². The fourth-order valence-corrected chi connectivity index (χ4v) is 2.53. The van der Waals surface area contributed by atoms with Gasteiger partial charge in [-0.05, 0) is 38.4 Å². The molecule has 0 radical (unpaired) electrons. The minimum absolute atomic E-state index is 0.0660. The quantitative estimate of drug-likeness (QED) is 0.908. The van der Waals surface area contributed by atoms with E-state index in [1.165, 1.54) is 10.7 Å². The predicted molar refractivity (Wildman–Crippen MR) is 77.9 cm³/mol. The molecule has 0 aliphatic carbocycles. The van der Waals surface area contributed by atoms with Crippen LogP contribution in [0.25, 0.3) is 5.69 Å². The first kappa shape index (κ1) is 13.8. The van der Waals surface area contributed by atoms with E-state index >= 15 is 0 Å². The number of aromatic nitrogens is 2. The number of para-hydroxylation sites is 1. The fraction of sp³-hybridized carbons (Fsp3) is 0.333. The number of halogens is 1. The number of hydrogen-bond acceptors (Lipinski definition) is 3. The Morgan fingerprint density at radius 2 is 2.29 bits per heavy atom. The molecule has 0 bridgehead atoms. The Balaban J connectivity index is 1.82. The van der Waals surface area contributed by atoms with Crippen LogP contribution in [0.4, 0.5) is 10.1 Å². The fourth-order valence-electron chi connectivity index (χ4n) is 2.53. The third-order valence-electron chi connectivity index (χ3n) is 3.73. The highest BCUT2D eigenvalue weighted by Gasteiger charge is 2.23. The summed E-state index contributed by atoms with van der Waals surface area (Å²) in [6.45, 7) is 2.67. The number of nitrogens with one attached hydrogen (secondary N) is 2. The molecule has 1 aliphatic rings. The topological polar surface area (TPSA) is 59.0 Å². The van der Waals surface area contributed by atoms with Crippen LogP contribution in [0.2, 0.25) is 0 Å². The van der Waals surface area contributed by atoms with E-state index < -0.39 is 0 Å². The van der Waals surface area contributed by atoms with E-state index in [0.717, 1.165) is 19.4 Å². The second-order valence-electron chi connectivity index (χ2n) is 5.15. The van der Waals surface area contributed by atoms with Crippen molar-refractivity contribution in [3.63, 3.8) is 0 Å². The van der Waals surface area contributed by atoms with E-state index in [0.29, 0.717) is 17.1 Å². The van der Waals surface area contributed by atoms with Gasteiger partial charge < -0.3 is 10.6 Å². The maximum atomic E-state index is 13.8. The Kier molecular flexibility index (Phi) is 3.70. The molecule has 6 heteroatoms. The number of benzene rings is 1. The molecule has 5 nitrogen and oxygen atoms in total. The maximum absolute atomic E-state index is 13.8. The number of amides is 1. The lowest BCUT2D eigenvalue weighted by Gasteiger charge is -2.11. The van der Waals surface area contributed by atoms with E-state index in [2.05, 4.69) is 15.7 Å². The lowest BCUT2D eigenvalue weighted by atomic mass is 10.2. The first-order valence-electron chi connectivity index (χ1n) is 7.00. The predicted octanol–water partition coefficient (Wildman–Crippen LogP) is 2.01. The monoisotopic (exact) mass is 288 g/mol. The zero-order valence-electron chi connectivity index (χ0n) is 11.8. The van der Waals surface area contributed by atoms with E-state index in [1.807, 2.05) is 0 Å². The average Bonchev–Trinajstić information content (AvgIpc) is 3.11. The smallest absolute Gasteiger partial charge is 0.241 e. The second kappa shape index (κ2) is 5.65. The second-order valence-corrected chi connectivity index (χ2v) is 5.15. The highest BCUT2D eigenvalue weighted by atomic mass is 19.1. The molecule has 2 aromatic rings. The number of rotatable bonds is 3. The SMILES string of the molecule is Cc1c(NC(=O)C2CCCN2)cnn1-c1ccccc1F. The van der Waals surface area contributed by atoms with Crippen LogP contribution in [0.5, 0.6) is 0 Å². The van der Waals surface area contributed by atoms with E-state index in [9.17, 15) is 9.18 Å². The van der Waals surface area contributed by atoms with Gasteiger partial charge in [-0.15, -0.1) is 0 Å². The Hall–Kier alpha value is -2.21. The van der Waals surface area contributed by atoms with Crippen LogP contribution < -0.4 is 10.6 Å². The zero-order valence-corrected chi connectivity index (χ0v) is 11.8. The summed E-state index contributed by atoms with van der Waals surface area (Å²) >= 11 is 0. The van der Waals surface area contributed by atoms with Gasteiger partial charge in [0, 0.05) is 0 Å². The van der Waals surface area contributed by atoms with Crippen molar-refractivity contribution < 1.29 is 9.18 Å². The van der Waals surface area contributed by atoms with Crippen molar-refractivity contribution >= 4 is 11.6 Å². The molecule has 2 heterocycles. The Bertz CT molecular complexity index is 661. The largest absolute Gasteiger partial charge is 0.322 e. The molecule has 2 N–H and O–H groups in total. The third-order valence-corrected chi connectivity index (χ3v) is 3.73. The Morgan fingerprint density at radius 1 is 1.48 bits per heavy atom. The van der Waals surface area contributed by atoms with E-state index in [4.69, 9.17) is 0 Å². The van der Waals surface area contributed by atoms with Gasteiger partial charge in [0.1, 0.15) is 11.5 Å². The molecule has 3 rings (SSSR count). The summed E-state index contributed by atoms with van der Waals surface area (Å²) in [6, 6.07) is 6.27. The molecule has 0 saturated carbocycles. The summed E-state index contributed by atoms with van der Waals surface area (Å²) in [5.41, 5.74) is 1.68. The summed E-state index contributed by atoms with van der Waals surface area (Å²) in [7, 11) is 0. The molecule has 1 saturated heterocycles. The maximum Gasteiger partial charge on any atom is 0.241 e. The minimum Gasteiger partial charge on any atom is -0.322 e. The van der Waals surface area contributed by atoms with Gasteiger partial charge in [-0.3, -0.25) is 4.79 Å². The van der Waals surface area contributed by atoms with Crippen molar-refractivity contribution in [3.8, 4) is 5.69 Å². The lowest BCUT2D eigenvalue weighted by Crippen LogP contribution is -2.35. The van der Waals surface area contributed by atoms with E-state index in [1.54, 1.807) is 31.3 Å². The van der Waals surface area contributed by atoms with Gasteiger partial charge in [-0.25, -0.2) is 9.07 Å². The van der Waals surface area contributed by atoms with E-state index in [-0.39, 0.29) is 17.8 Å². The number of carbonyl (C=O) groups is 1. The molecular formula is C15H17FN4O. The molecular weight excluding hydrogens is 271 g/mol. The van der Waals surface area contributed by atoms with Crippen LogP contribution in [0.3, 0.4) is 0 Å². The zero-order chi connectivity index (χ0) is 14.8. The molecule has 21 heavy (non-hydrogen) atoms. The minimum atomic E-state index is -0.348. The van der Waals surface area contributed by atoms with Gasteiger partial charge in [0.15, 0.2) is 0 Å². The summed E-state index contributed by atoms with van der Waals surface area (Å²) in [5.74, 6) is -0.414. The molecule has 1 aromatic heterocycles. The van der Waals surface area contributed by atoms with Crippen molar-refractivity contribution in [1.82, 2.24) is 15.1 Å². The number of anilines is 1. The normalized spacial score (nSPS) is 17.9. The highest BCUT2D eigenvalue weighted by Crippen LogP contribution is 2.21. The first-order valence-corrected chi connectivity index (χ1v) is 7.00. The molecule has 110 valence electrons. The Morgan fingerprint density at radius 3 is 3.00 bits per heavy atom. The van der Waals surface area contributed by atoms with Crippen LogP contribution in [0.1, 0.15) is 18.5 Å². The third kappa shape index (κ3) is 2.67. The van der Waals surface area contributed by atoms with Gasteiger partial charge >= 0.3 is 0 Å². The first-order chi connectivity index (χ1) is 10.2. The lowest BCUT2D eigenvalue weighted by molar-refractivity contribution is -0.117. The Labute approximate surface area is 122 Å². The standard InChI is InChI=1S/C15H17FN4O/c1-10-13(19-15(21)12-6-4-8-17-12)9-18-20(10)14-7-3-2-5-11(14)16/h2-3,5,7,9,12,17H,4,6,8H2,1H3,(H,19,21). The summed E-state index contributed by atoms with van der Waals surface area (Å²) in [4.78, 5) is 12.1. The molecule has 0 spiro atoms. The van der Waals surface area contributed by atoms with Crippen molar-refractivity contribution in [3.05, 3.63) is 42.0 Å². The molecule has 1 amide bonds. The number of carbonyl (C=O) groups excluding carboxylic acids is 1. The summed E-state index contributed by atoms with van der Waals surface area (Å²) in [6.07, 6.45) is 3.40.